The van der Waals surface area contributed by atoms with E-state index in [0.29, 0.717) is 0 Å². The first-order chi connectivity index (χ1) is 29.2. The molecule has 4 aromatic rings. The monoisotopic (exact) mass is 830 g/mol. The Kier molecular flexibility index (Phi) is 15.9. The first-order valence-electron chi connectivity index (χ1n) is 20.7. The van der Waals surface area contributed by atoms with Gasteiger partial charge in [-0.15, -0.1) is 0 Å². The molecule has 0 aromatic heterocycles. The van der Waals surface area contributed by atoms with Gasteiger partial charge in [0.15, 0.2) is 18.9 Å². The zero-order chi connectivity index (χ0) is 42.0. The van der Waals surface area contributed by atoms with Gasteiger partial charge >= 0.3 is 0 Å². The maximum Gasteiger partial charge on any atom is 0.187 e. The summed E-state index contributed by atoms with van der Waals surface area (Å²) in [6.07, 6.45) is -15.2. The molecule has 13 heteroatoms. The molecule has 13 nitrogen and oxygen atoms in total. The van der Waals surface area contributed by atoms with Crippen LogP contribution < -0.4 is 0 Å². The van der Waals surface area contributed by atoms with Crippen molar-refractivity contribution in [3.63, 3.8) is 0 Å². The minimum Gasteiger partial charge on any atom is -0.388 e. The molecule has 15 atom stereocenters. The molecule has 60 heavy (non-hydrogen) atoms. The van der Waals surface area contributed by atoms with Crippen molar-refractivity contribution in [3.8, 4) is 0 Å². The quantitative estimate of drug-likeness (QED) is 0.130. The van der Waals surface area contributed by atoms with Crippen LogP contribution in [0, 0.1) is 0 Å². The first-order valence-corrected chi connectivity index (χ1v) is 20.7. The second-order valence-corrected chi connectivity index (χ2v) is 15.6. The third-order valence-electron chi connectivity index (χ3n) is 11.2. The highest BCUT2D eigenvalue weighted by atomic mass is 16.8. The Morgan fingerprint density at radius 2 is 0.717 bits per heavy atom. The molecule has 0 aliphatic carbocycles. The van der Waals surface area contributed by atoms with Crippen molar-refractivity contribution in [1.82, 2.24) is 0 Å². The molecule has 3 N–H and O–H groups in total. The summed E-state index contributed by atoms with van der Waals surface area (Å²) in [4.78, 5) is 0. The minimum atomic E-state index is -1.63. The maximum absolute atomic E-state index is 11.3. The largest absolute Gasteiger partial charge is 0.388 e. The van der Waals surface area contributed by atoms with Gasteiger partial charge in [-0.1, -0.05) is 121 Å². The topological polar surface area (TPSA) is 153 Å². The van der Waals surface area contributed by atoms with Crippen LogP contribution in [0.15, 0.2) is 121 Å². The minimum absolute atomic E-state index is 0.171. The Labute approximate surface area is 351 Å². The number of rotatable bonds is 17. The van der Waals surface area contributed by atoms with E-state index in [4.69, 9.17) is 47.4 Å². The summed E-state index contributed by atoms with van der Waals surface area (Å²) < 4.78 is 65.5. The van der Waals surface area contributed by atoms with Gasteiger partial charge in [-0.2, -0.15) is 0 Å². The lowest BCUT2D eigenvalue weighted by molar-refractivity contribution is -0.396. The second-order valence-electron chi connectivity index (χ2n) is 15.6. The molecule has 0 bridgehead atoms. The molecular weight excluding hydrogens is 773 g/mol. The normalized spacial score (nSPS) is 34.6. The molecule has 0 amide bonds. The SMILES string of the molecule is CO[C@H]1O[C@@H](C)[C@H](OCc2ccccc2)[C@H](OCc2ccccc2)[C@H]1O[C@@H]1O[C@@H](C)[C@@H](OCc2ccccc2)[C@H](OCc2ccccc2)[C@H]1O[C@@H]1O[C@H](C)[C@@H](O)[C@@H](O)[C@H]1O. The maximum atomic E-state index is 11.3. The van der Waals surface area contributed by atoms with Gasteiger partial charge in [0.25, 0.3) is 0 Å². The van der Waals surface area contributed by atoms with E-state index in [2.05, 4.69) is 0 Å². The lowest BCUT2D eigenvalue weighted by Crippen LogP contribution is -2.66. The van der Waals surface area contributed by atoms with Gasteiger partial charge < -0.3 is 62.7 Å². The molecule has 0 saturated carbocycles. The number of methoxy groups -OCH3 is 1. The molecule has 3 fully saturated rings. The van der Waals surface area contributed by atoms with Crippen LogP contribution in [0.25, 0.3) is 0 Å². The third-order valence-corrected chi connectivity index (χ3v) is 11.2. The van der Waals surface area contributed by atoms with Gasteiger partial charge in [0.05, 0.1) is 44.7 Å². The van der Waals surface area contributed by atoms with Gasteiger partial charge in [0.1, 0.15) is 54.9 Å². The second kappa shape index (κ2) is 21.4. The summed E-state index contributed by atoms with van der Waals surface area (Å²) in [5, 5.41) is 32.7. The Bertz CT molecular complexity index is 1820. The highest BCUT2D eigenvalue weighted by Crippen LogP contribution is 2.37. The summed E-state index contributed by atoms with van der Waals surface area (Å²) in [6, 6.07) is 39.1. The summed E-state index contributed by atoms with van der Waals surface area (Å²) in [5.74, 6) is 0. The van der Waals surface area contributed by atoms with Gasteiger partial charge in [-0.3, -0.25) is 0 Å². The number of benzene rings is 4. The molecule has 3 saturated heterocycles. The van der Waals surface area contributed by atoms with Crippen LogP contribution in [0.1, 0.15) is 43.0 Å². The fourth-order valence-corrected chi connectivity index (χ4v) is 7.88. The van der Waals surface area contributed by atoms with Gasteiger partial charge in [0, 0.05) is 7.11 Å². The molecule has 7 rings (SSSR count). The smallest absolute Gasteiger partial charge is 0.187 e. The fourth-order valence-electron chi connectivity index (χ4n) is 7.88. The lowest BCUT2D eigenvalue weighted by atomic mass is 9.96. The Morgan fingerprint density at radius 1 is 0.383 bits per heavy atom. The fraction of sp³-hybridized carbons (Fsp3) is 0.489. The molecule has 3 heterocycles. The van der Waals surface area contributed by atoms with Gasteiger partial charge in [-0.25, -0.2) is 0 Å². The van der Waals surface area contributed by atoms with E-state index < -0.39 is 92.1 Å². The average Bonchev–Trinajstić information content (AvgIpc) is 3.28. The molecule has 324 valence electrons. The van der Waals surface area contributed by atoms with Crippen LogP contribution in [-0.4, -0.2) is 115 Å². The highest BCUT2D eigenvalue weighted by Gasteiger charge is 2.55. The summed E-state index contributed by atoms with van der Waals surface area (Å²) in [7, 11) is 1.53. The van der Waals surface area contributed by atoms with Crippen molar-refractivity contribution >= 4 is 0 Å². The van der Waals surface area contributed by atoms with Crippen LogP contribution in [0.5, 0.6) is 0 Å². The van der Waals surface area contributed by atoms with Crippen molar-refractivity contribution in [2.75, 3.05) is 7.11 Å². The molecule has 3 aliphatic heterocycles. The number of hydrogen-bond donors (Lipinski definition) is 3. The van der Waals surface area contributed by atoms with Crippen molar-refractivity contribution in [1.29, 1.82) is 0 Å². The molecule has 0 radical (unpaired) electrons. The van der Waals surface area contributed by atoms with E-state index in [1.54, 1.807) is 6.92 Å². The van der Waals surface area contributed by atoms with Crippen LogP contribution in [0.3, 0.4) is 0 Å². The Balaban J connectivity index is 1.24. The molecule has 0 unspecified atom stereocenters. The van der Waals surface area contributed by atoms with Crippen molar-refractivity contribution < 1.29 is 62.7 Å². The van der Waals surface area contributed by atoms with E-state index in [1.165, 1.54) is 7.11 Å². The molecule has 3 aliphatic rings. The molecular formula is C47H58O13. The zero-order valence-electron chi connectivity index (χ0n) is 34.5. The highest BCUT2D eigenvalue weighted by molar-refractivity contribution is 5.16. The summed E-state index contributed by atoms with van der Waals surface area (Å²) in [6.45, 7) is 6.31. The van der Waals surface area contributed by atoms with Crippen molar-refractivity contribution in [2.24, 2.45) is 0 Å². The summed E-state index contributed by atoms with van der Waals surface area (Å²) >= 11 is 0. The van der Waals surface area contributed by atoms with E-state index in [9.17, 15) is 15.3 Å². The predicted octanol–water partition coefficient (Wildman–Crippen LogP) is 5.06. The summed E-state index contributed by atoms with van der Waals surface area (Å²) in [5.41, 5.74) is 3.76. The zero-order valence-corrected chi connectivity index (χ0v) is 34.5. The van der Waals surface area contributed by atoms with Gasteiger partial charge in [0.2, 0.25) is 0 Å². The number of aliphatic hydroxyl groups excluding tert-OH is 3. The number of aliphatic hydroxyl groups is 3. The predicted molar refractivity (Wildman–Crippen MR) is 218 cm³/mol. The standard InChI is InChI=1S/C47H58O13/c1-29-36(48)37(49)38(50)45(56-29)59-44-42(55-28-35-23-15-8-16-24-35)40(53-26-33-19-11-6-12-20-33)31(3)58-47(44)60-43-41(54-27-34-21-13-7-14-22-34)39(30(2)57-46(43)51-4)52-25-32-17-9-5-10-18-32/h5-24,29-31,36-50H,25-28H2,1-4H3/t29-,30+,31+,36-,37-,38-,39+,40-,41+,42+,43-,44-,45+,46+,47+/m1/s1. The van der Waals surface area contributed by atoms with E-state index >= 15 is 0 Å². The molecule has 0 spiro atoms. The van der Waals surface area contributed by atoms with Crippen molar-refractivity contribution in [2.45, 2.75) is 139 Å². The average molecular weight is 831 g/mol. The number of ether oxygens (including phenoxy) is 10. The van der Waals surface area contributed by atoms with E-state index in [1.807, 2.05) is 135 Å². The third kappa shape index (κ3) is 11.0. The van der Waals surface area contributed by atoms with E-state index in [0.717, 1.165) is 22.3 Å². The van der Waals surface area contributed by atoms with Gasteiger partial charge in [-0.05, 0) is 43.0 Å². The van der Waals surface area contributed by atoms with Crippen LogP contribution in [0.4, 0.5) is 0 Å². The van der Waals surface area contributed by atoms with Crippen LogP contribution in [-0.2, 0) is 73.8 Å². The lowest BCUT2D eigenvalue weighted by Gasteiger charge is -2.50. The first kappa shape index (κ1) is 44.4. The Hall–Kier alpha value is -3.64. The van der Waals surface area contributed by atoms with Crippen LogP contribution in [0.2, 0.25) is 0 Å². The van der Waals surface area contributed by atoms with Crippen LogP contribution >= 0.6 is 0 Å². The molecule has 4 aromatic carbocycles. The van der Waals surface area contributed by atoms with Crippen molar-refractivity contribution in [3.05, 3.63) is 144 Å². The Morgan fingerprint density at radius 3 is 1.12 bits per heavy atom. The number of hydrogen-bond acceptors (Lipinski definition) is 13. The van der Waals surface area contributed by atoms with E-state index in [-0.39, 0.29) is 26.4 Å².